The second-order valence-electron chi connectivity index (χ2n) is 4.88. The van der Waals surface area contributed by atoms with Crippen LogP contribution in [0.1, 0.15) is 23.2 Å². The standard InChI is InChI=1S/C14H17N3O3/c18-8-7-15-14(19)10-1-6-13(16-9-10)17-11-2-4-12(20-17)5-3-11/h1-2,4,6,9,11-12,18H,3,5,7-8H2,(H,15,19)/t11-,12+/m1/s1. The summed E-state index contributed by atoms with van der Waals surface area (Å²) in [6.07, 6.45) is 7.98. The third kappa shape index (κ3) is 2.52. The predicted molar refractivity (Wildman–Crippen MR) is 73.2 cm³/mol. The molecule has 4 rings (SSSR count). The number of pyridine rings is 1. The van der Waals surface area contributed by atoms with Crippen molar-refractivity contribution < 1.29 is 14.7 Å². The van der Waals surface area contributed by atoms with Gasteiger partial charge in [-0.3, -0.25) is 9.63 Å². The van der Waals surface area contributed by atoms with Crippen LogP contribution in [0.2, 0.25) is 0 Å². The summed E-state index contributed by atoms with van der Waals surface area (Å²) >= 11 is 0. The van der Waals surface area contributed by atoms with Gasteiger partial charge < -0.3 is 10.4 Å². The molecule has 2 aliphatic heterocycles. The van der Waals surface area contributed by atoms with Gasteiger partial charge in [0.25, 0.3) is 5.91 Å². The summed E-state index contributed by atoms with van der Waals surface area (Å²) in [5.74, 6) is 0.474. The van der Waals surface area contributed by atoms with Gasteiger partial charge in [0.2, 0.25) is 0 Å². The summed E-state index contributed by atoms with van der Waals surface area (Å²) in [4.78, 5) is 21.8. The van der Waals surface area contributed by atoms with Crippen molar-refractivity contribution >= 4 is 11.7 Å². The second kappa shape index (κ2) is 5.60. The van der Waals surface area contributed by atoms with Gasteiger partial charge in [-0.05, 0) is 25.0 Å². The van der Waals surface area contributed by atoms with E-state index in [1.165, 1.54) is 6.20 Å². The maximum atomic E-state index is 11.7. The number of hydrogen-bond acceptors (Lipinski definition) is 5. The van der Waals surface area contributed by atoms with Gasteiger partial charge in [0, 0.05) is 12.7 Å². The lowest BCUT2D eigenvalue weighted by atomic mass is 9.98. The average molecular weight is 275 g/mol. The van der Waals surface area contributed by atoms with Gasteiger partial charge >= 0.3 is 0 Å². The molecule has 3 aliphatic rings. The number of hydrogen-bond donors (Lipinski definition) is 2. The average Bonchev–Trinajstić information content (AvgIpc) is 2.54. The third-order valence-electron chi connectivity index (χ3n) is 3.48. The van der Waals surface area contributed by atoms with Crippen molar-refractivity contribution in [3.8, 4) is 0 Å². The zero-order valence-electron chi connectivity index (χ0n) is 11.0. The maximum Gasteiger partial charge on any atom is 0.252 e. The Morgan fingerprint density at radius 2 is 2.35 bits per heavy atom. The van der Waals surface area contributed by atoms with Gasteiger partial charge in [0.1, 0.15) is 6.10 Å². The highest BCUT2D eigenvalue weighted by Gasteiger charge is 2.31. The van der Waals surface area contributed by atoms with Crippen LogP contribution in [0.4, 0.5) is 5.82 Å². The fourth-order valence-corrected chi connectivity index (χ4v) is 2.43. The molecule has 20 heavy (non-hydrogen) atoms. The molecule has 1 aromatic heterocycles. The fraction of sp³-hybridized carbons (Fsp3) is 0.429. The molecular weight excluding hydrogens is 258 g/mol. The van der Waals surface area contributed by atoms with Crippen LogP contribution in [0.5, 0.6) is 0 Å². The molecule has 0 aromatic carbocycles. The Balaban J connectivity index is 1.70. The van der Waals surface area contributed by atoms with Crippen LogP contribution in [0.3, 0.4) is 0 Å². The molecule has 1 aromatic rings. The van der Waals surface area contributed by atoms with Crippen molar-refractivity contribution in [1.82, 2.24) is 10.3 Å². The number of amides is 1. The molecule has 6 nitrogen and oxygen atoms in total. The van der Waals surface area contributed by atoms with E-state index in [-0.39, 0.29) is 31.2 Å². The first-order chi connectivity index (χ1) is 9.78. The number of rotatable bonds is 4. The number of hydroxylamine groups is 1. The molecule has 0 unspecified atom stereocenters. The van der Waals surface area contributed by atoms with Gasteiger partial charge in [-0.25, -0.2) is 10.0 Å². The van der Waals surface area contributed by atoms with E-state index in [0.29, 0.717) is 11.4 Å². The highest BCUT2D eigenvalue weighted by molar-refractivity contribution is 5.94. The van der Waals surface area contributed by atoms with Crippen LogP contribution in [-0.4, -0.2) is 41.3 Å². The van der Waals surface area contributed by atoms with E-state index in [1.807, 2.05) is 5.06 Å². The summed E-state index contributed by atoms with van der Waals surface area (Å²) in [6, 6.07) is 3.72. The number of nitrogens with zero attached hydrogens (tertiary/aromatic N) is 2. The summed E-state index contributed by atoms with van der Waals surface area (Å²) < 4.78 is 0. The van der Waals surface area contributed by atoms with E-state index in [1.54, 1.807) is 12.1 Å². The lowest BCUT2D eigenvalue weighted by Gasteiger charge is -2.40. The number of carbonyl (C=O) groups is 1. The van der Waals surface area contributed by atoms with Crippen molar-refractivity contribution in [2.24, 2.45) is 0 Å². The highest BCUT2D eigenvalue weighted by atomic mass is 16.7. The van der Waals surface area contributed by atoms with Crippen molar-refractivity contribution in [3.63, 3.8) is 0 Å². The first-order valence-electron chi connectivity index (χ1n) is 6.77. The van der Waals surface area contributed by atoms with Crippen LogP contribution in [-0.2, 0) is 4.84 Å². The van der Waals surface area contributed by atoms with E-state index < -0.39 is 0 Å². The summed E-state index contributed by atoms with van der Waals surface area (Å²) in [5.41, 5.74) is 0.472. The zero-order valence-corrected chi connectivity index (χ0v) is 11.0. The summed E-state index contributed by atoms with van der Waals surface area (Å²) in [6.45, 7) is 0.165. The molecule has 1 aliphatic carbocycles. The molecule has 0 saturated carbocycles. The van der Waals surface area contributed by atoms with Gasteiger partial charge in [-0.15, -0.1) is 0 Å². The van der Waals surface area contributed by atoms with Crippen LogP contribution in [0, 0.1) is 0 Å². The molecule has 1 saturated heterocycles. The van der Waals surface area contributed by atoms with Crippen molar-refractivity contribution in [2.75, 3.05) is 18.2 Å². The Morgan fingerprint density at radius 3 is 2.90 bits per heavy atom. The Bertz CT molecular complexity index is 515. The minimum atomic E-state index is -0.237. The number of aliphatic hydroxyl groups excluding tert-OH is 1. The summed E-state index contributed by atoms with van der Waals surface area (Å²) in [7, 11) is 0. The largest absolute Gasteiger partial charge is 0.395 e. The summed E-state index contributed by atoms with van der Waals surface area (Å²) in [5, 5.41) is 13.1. The molecule has 2 bridgehead atoms. The lowest BCUT2D eigenvalue weighted by Crippen LogP contribution is -2.46. The van der Waals surface area contributed by atoms with E-state index >= 15 is 0 Å². The first-order valence-corrected chi connectivity index (χ1v) is 6.77. The minimum Gasteiger partial charge on any atom is -0.395 e. The number of aliphatic hydroxyl groups is 1. The maximum absolute atomic E-state index is 11.7. The molecule has 1 fully saturated rings. The Kier molecular flexibility index (Phi) is 3.66. The third-order valence-corrected chi connectivity index (χ3v) is 3.48. The quantitative estimate of drug-likeness (QED) is 0.789. The number of aromatic nitrogens is 1. The molecule has 6 heteroatoms. The van der Waals surface area contributed by atoms with Crippen molar-refractivity contribution in [1.29, 1.82) is 0 Å². The highest BCUT2D eigenvalue weighted by Crippen LogP contribution is 2.30. The number of fused-ring (bicyclic) bond motifs is 2. The number of nitrogens with one attached hydrogen (secondary N) is 1. The normalized spacial score (nSPS) is 23.9. The van der Waals surface area contributed by atoms with Gasteiger partial charge in [0.15, 0.2) is 5.82 Å². The smallest absolute Gasteiger partial charge is 0.252 e. The number of anilines is 1. The van der Waals surface area contributed by atoms with E-state index in [0.717, 1.165) is 12.8 Å². The molecule has 3 heterocycles. The van der Waals surface area contributed by atoms with Crippen LogP contribution < -0.4 is 10.4 Å². The van der Waals surface area contributed by atoms with E-state index in [4.69, 9.17) is 9.94 Å². The van der Waals surface area contributed by atoms with Gasteiger partial charge in [-0.1, -0.05) is 12.2 Å². The van der Waals surface area contributed by atoms with Gasteiger partial charge in [-0.2, -0.15) is 0 Å². The van der Waals surface area contributed by atoms with E-state index in [2.05, 4.69) is 22.5 Å². The lowest BCUT2D eigenvalue weighted by molar-refractivity contribution is 0.00214. The van der Waals surface area contributed by atoms with Crippen LogP contribution in [0.15, 0.2) is 30.5 Å². The van der Waals surface area contributed by atoms with E-state index in [9.17, 15) is 4.79 Å². The second-order valence-corrected chi connectivity index (χ2v) is 4.88. The van der Waals surface area contributed by atoms with Crippen LogP contribution in [0.25, 0.3) is 0 Å². The minimum absolute atomic E-state index is 0.0751. The Morgan fingerprint density at radius 1 is 1.45 bits per heavy atom. The predicted octanol–water partition coefficient (Wildman–Crippen LogP) is 0.642. The van der Waals surface area contributed by atoms with Gasteiger partial charge in [0.05, 0.1) is 18.2 Å². The Labute approximate surface area is 117 Å². The molecule has 0 spiro atoms. The van der Waals surface area contributed by atoms with Crippen molar-refractivity contribution in [2.45, 2.75) is 25.0 Å². The monoisotopic (exact) mass is 275 g/mol. The van der Waals surface area contributed by atoms with Crippen molar-refractivity contribution in [3.05, 3.63) is 36.0 Å². The molecular formula is C14H17N3O3. The van der Waals surface area contributed by atoms with Crippen LogP contribution >= 0.6 is 0 Å². The molecule has 106 valence electrons. The number of carbonyl (C=O) groups excluding carboxylic acids is 1. The molecule has 0 radical (unpaired) electrons. The molecule has 2 N–H and O–H groups in total. The fourth-order valence-electron chi connectivity index (χ4n) is 2.43. The molecule has 1 amide bonds. The topological polar surface area (TPSA) is 74.7 Å². The molecule has 2 atom stereocenters. The first kappa shape index (κ1) is 13.1. The Hall–Kier alpha value is -1.92. The SMILES string of the molecule is O=C(NCCO)c1ccc(N2O[C@H]3C=C[C@@H]2CC3)nc1. The zero-order chi connectivity index (χ0) is 13.9.